The van der Waals surface area contributed by atoms with Crippen molar-refractivity contribution in [3.8, 4) is 5.75 Å². The molecule has 150 valence electrons. The molecule has 28 heavy (non-hydrogen) atoms. The molecule has 0 aromatic heterocycles. The zero-order chi connectivity index (χ0) is 19.8. The number of benzene rings is 2. The number of carbonyl (C=O) groups excluding carboxylic acids is 1. The second-order valence-electron chi connectivity index (χ2n) is 7.06. The van der Waals surface area contributed by atoms with Crippen LogP contribution >= 0.6 is 0 Å². The number of aliphatic hydroxyl groups excluding tert-OH is 1. The number of halogens is 1. The molecule has 0 spiro atoms. The molecule has 5 nitrogen and oxygen atoms in total. The van der Waals surface area contributed by atoms with Gasteiger partial charge in [0.1, 0.15) is 24.3 Å². The van der Waals surface area contributed by atoms with Crippen LogP contribution in [-0.4, -0.2) is 61.2 Å². The van der Waals surface area contributed by atoms with E-state index in [2.05, 4.69) is 10.2 Å². The minimum Gasteiger partial charge on any atom is -0.490 e. The summed E-state index contributed by atoms with van der Waals surface area (Å²) < 4.78 is 19.4. The molecule has 2 aromatic rings. The van der Waals surface area contributed by atoms with E-state index in [1.165, 1.54) is 18.2 Å². The molecule has 2 N–H and O–H groups in total. The van der Waals surface area contributed by atoms with E-state index in [1.807, 2.05) is 30.3 Å². The number of ketones is 1. The van der Waals surface area contributed by atoms with Gasteiger partial charge in [0.2, 0.25) is 0 Å². The molecule has 1 aliphatic heterocycles. The van der Waals surface area contributed by atoms with Gasteiger partial charge in [-0.2, -0.15) is 0 Å². The van der Waals surface area contributed by atoms with E-state index in [0.717, 1.165) is 31.7 Å². The number of rotatable bonds is 9. The van der Waals surface area contributed by atoms with Crippen molar-refractivity contribution in [1.29, 1.82) is 0 Å². The minimum atomic E-state index is -0.671. The predicted molar refractivity (Wildman–Crippen MR) is 106 cm³/mol. The first kappa shape index (κ1) is 20.5. The summed E-state index contributed by atoms with van der Waals surface area (Å²) in [5.41, 5.74) is 1.28. The zero-order valence-electron chi connectivity index (χ0n) is 15.9. The summed E-state index contributed by atoms with van der Waals surface area (Å²) in [6.45, 7) is 4.17. The second-order valence-corrected chi connectivity index (χ2v) is 7.06. The number of nitrogens with zero attached hydrogens (tertiary/aromatic N) is 1. The van der Waals surface area contributed by atoms with Gasteiger partial charge in [-0.1, -0.05) is 30.3 Å². The molecular weight excluding hydrogens is 359 g/mol. The van der Waals surface area contributed by atoms with Crippen molar-refractivity contribution >= 4 is 5.78 Å². The van der Waals surface area contributed by atoms with Crippen LogP contribution in [0.5, 0.6) is 5.75 Å². The second kappa shape index (κ2) is 10.3. The summed E-state index contributed by atoms with van der Waals surface area (Å²) in [4.78, 5) is 14.8. The van der Waals surface area contributed by atoms with Crippen LogP contribution in [0.4, 0.5) is 4.39 Å². The van der Waals surface area contributed by atoms with Gasteiger partial charge < -0.3 is 15.2 Å². The van der Waals surface area contributed by atoms with E-state index in [0.29, 0.717) is 18.7 Å². The van der Waals surface area contributed by atoms with Crippen LogP contribution in [0.2, 0.25) is 0 Å². The van der Waals surface area contributed by atoms with E-state index in [-0.39, 0.29) is 24.4 Å². The third-order valence-corrected chi connectivity index (χ3v) is 4.84. The Hall–Kier alpha value is -2.28. The maximum absolute atomic E-state index is 13.7. The maximum Gasteiger partial charge on any atom is 0.167 e. The summed E-state index contributed by atoms with van der Waals surface area (Å²) in [6.07, 6.45) is 0.185. The number of Topliss-reactive ketones (excluding diaryl/α,β-unsaturated/α-hetero) is 1. The fraction of sp³-hybridized carbons (Fsp3) is 0.409. The summed E-state index contributed by atoms with van der Waals surface area (Å²) in [5, 5.41) is 13.5. The van der Waals surface area contributed by atoms with Crippen molar-refractivity contribution in [2.24, 2.45) is 0 Å². The normalized spacial score (nSPS) is 15.9. The monoisotopic (exact) mass is 386 g/mol. The zero-order valence-corrected chi connectivity index (χ0v) is 15.9. The molecule has 1 unspecified atom stereocenters. The van der Waals surface area contributed by atoms with Gasteiger partial charge in [0.25, 0.3) is 0 Å². The minimum absolute atomic E-state index is 0.0640. The van der Waals surface area contributed by atoms with Crippen LogP contribution in [-0.2, 0) is 6.42 Å². The Kier molecular flexibility index (Phi) is 7.54. The van der Waals surface area contributed by atoms with Crippen molar-refractivity contribution in [2.45, 2.75) is 18.9 Å². The van der Waals surface area contributed by atoms with Crippen LogP contribution < -0.4 is 10.1 Å². The SMILES string of the molecule is O=C(CCc1ccccc1)c1cc(F)ccc1OCC(O)CN1CCNCC1. The van der Waals surface area contributed by atoms with E-state index in [9.17, 15) is 14.3 Å². The standard InChI is InChI=1S/C22H27FN2O3/c23-18-7-9-22(28-16-19(26)15-25-12-10-24-11-13-25)20(14-18)21(27)8-6-17-4-2-1-3-5-17/h1-5,7,9,14,19,24,26H,6,8,10-13,15-16H2. The first-order valence-corrected chi connectivity index (χ1v) is 9.72. The molecule has 0 radical (unpaired) electrons. The van der Waals surface area contributed by atoms with E-state index in [4.69, 9.17) is 4.74 Å². The van der Waals surface area contributed by atoms with Gasteiger partial charge in [-0.3, -0.25) is 9.69 Å². The van der Waals surface area contributed by atoms with Gasteiger partial charge in [-0.25, -0.2) is 4.39 Å². The van der Waals surface area contributed by atoms with Gasteiger partial charge in [-0.15, -0.1) is 0 Å². The van der Waals surface area contributed by atoms with Crippen molar-refractivity contribution in [2.75, 3.05) is 39.3 Å². The van der Waals surface area contributed by atoms with E-state index >= 15 is 0 Å². The topological polar surface area (TPSA) is 61.8 Å². The number of aliphatic hydroxyl groups is 1. The van der Waals surface area contributed by atoms with E-state index < -0.39 is 11.9 Å². The molecule has 0 saturated carbocycles. The third-order valence-electron chi connectivity index (χ3n) is 4.84. The van der Waals surface area contributed by atoms with Gasteiger partial charge in [0.05, 0.1) is 5.56 Å². The fourth-order valence-corrected chi connectivity index (χ4v) is 3.31. The summed E-state index contributed by atoms with van der Waals surface area (Å²) in [5.74, 6) is -0.328. The molecule has 1 saturated heterocycles. The summed E-state index contributed by atoms with van der Waals surface area (Å²) in [6, 6.07) is 13.6. The Morgan fingerprint density at radius 3 is 2.68 bits per heavy atom. The highest BCUT2D eigenvalue weighted by Gasteiger charge is 2.18. The lowest BCUT2D eigenvalue weighted by molar-refractivity contribution is 0.0634. The van der Waals surface area contributed by atoms with Crippen molar-refractivity contribution in [3.05, 3.63) is 65.5 Å². The fourth-order valence-electron chi connectivity index (χ4n) is 3.31. The Morgan fingerprint density at radius 1 is 1.18 bits per heavy atom. The Balaban J connectivity index is 1.57. The molecule has 1 atom stereocenters. The molecule has 0 bridgehead atoms. The molecule has 1 aliphatic rings. The Labute approximate surface area is 165 Å². The average molecular weight is 386 g/mol. The molecule has 3 rings (SSSR count). The molecule has 0 amide bonds. The Bertz CT molecular complexity index is 764. The van der Waals surface area contributed by atoms with Crippen LogP contribution in [0.25, 0.3) is 0 Å². The van der Waals surface area contributed by atoms with Gasteiger partial charge in [0, 0.05) is 39.1 Å². The van der Waals surface area contributed by atoms with Crippen LogP contribution in [0.15, 0.2) is 48.5 Å². The highest BCUT2D eigenvalue weighted by molar-refractivity contribution is 5.98. The van der Waals surface area contributed by atoms with Crippen molar-refractivity contribution in [1.82, 2.24) is 10.2 Å². The number of hydrogen-bond acceptors (Lipinski definition) is 5. The first-order valence-electron chi connectivity index (χ1n) is 9.72. The molecule has 6 heteroatoms. The smallest absolute Gasteiger partial charge is 0.167 e. The number of piperazine rings is 1. The summed E-state index contributed by atoms with van der Waals surface area (Å²) >= 11 is 0. The molecule has 0 aliphatic carbocycles. The number of carbonyl (C=O) groups is 1. The molecular formula is C22H27FN2O3. The Morgan fingerprint density at radius 2 is 1.93 bits per heavy atom. The number of β-amino-alcohol motifs (C(OH)–C–C–N with tert-alkyl or cyclic N) is 1. The lowest BCUT2D eigenvalue weighted by atomic mass is 10.0. The number of hydrogen-bond donors (Lipinski definition) is 2. The number of nitrogens with one attached hydrogen (secondary N) is 1. The first-order chi connectivity index (χ1) is 13.6. The molecule has 1 fully saturated rings. The van der Waals surface area contributed by atoms with Crippen LogP contribution in [0.1, 0.15) is 22.3 Å². The van der Waals surface area contributed by atoms with Gasteiger partial charge in [-0.05, 0) is 30.2 Å². The lowest BCUT2D eigenvalue weighted by Crippen LogP contribution is -2.47. The van der Waals surface area contributed by atoms with Gasteiger partial charge >= 0.3 is 0 Å². The third kappa shape index (κ3) is 6.12. The molecule has 2 aromatic carbocycles. The van der Waals surface area contributed by atoms with Crippen molar-refractivity contribution < 1.29 is 19.0 Å². The maximum atomic E-state index is 13.7. The average Bonchev–Trinajstić information content (AvgIpc) is 2.72. The highest BCUT2D eigenvalue weighted by Crippen LogP contribution is 2.22. The van der Waals surface area contributed by atoms with Crippen LogP contribution in [0, 0.1) is 5.82 Å². The molecule has 1 heterocycles. The number of ether oxygens (including phenoxy) is 1. The quantitative estimate of drug-likeness (QED) is 0.648. The predicted octanol–water partition coefficient (Wildman–Crippen LogP) is 2.29. The van der Waals surface area contributed by atoms with Crippen LogP contribution in [0.3, 0.4) is 0 Å². The van der Waals surface area contributed by atoms with Gasteiger partial charge in [0.15, 0.2) is 5.78 Å². The van der Waals surface area contributed by atoms with E-state index in [1.54, 1.807) is 0 Å². The lowest BCUT2D eigenvalue weighted by Gasteiger charge is -2.29. The highest BCUT2D eigenvalue weighted by atomic mass is 19.1. The largest absolute Gasteiger partial charge is 0.490 e. The number of aryl methyl sites for hydroxylation is 1. The van der Waals surface area contributed by atoms with Crippen molar-refractivity contribution in [3.63, 3.8) is 0 Å². The summed E-state index contributed by atoms with van der Waals surface area (Å²) in [7, 11) is 0.